The van der Waals surface area contributed by atoms with Gasteiger partial charge in [-0.15, -0.1) is 0 Å². The van der Waals surface area contributed by atoms with Crippen LogP contribution in [-0.2, 0) is 9.53 Å². The Kier molecular flexibility index (Phi) is 8.38. The molecule has 0 aromatic heterocycles. The van der Waals surface area contributed by atoms with Crippen molar-refractivity contribution in [3.63, 3.8) is 0 Å². The van der Waals surface area contributed by atoms with E-state index in [1.807, 2.05) is 6.92 Å². The van der Waals surface area contributed by atoms with Crippen LogP contribution in [-0.4, -0.2) is 38.9 Å². The molecule has 1 unspecified atom stereocenters. The lowest BCUT2D eigenvalue weighted by Crippen LogP contribution is -2.46. The monoisotopic (exact) mass is 420 g/mol. The van der Waals surface area contributed by atoms with Gasteiger partial charge in [-0.2, -0.15) is 0 Å². The van der Waals surface area contributed by atoms with Gasteiger partial charge >= 0.3 is 12.0 Å². The first-order valence-electron chi connectivity index (χ1n) is 10.3. The summed E-state index contributed by atoms with van der Waals surface area (Å²) in [5, 5.41) is 5.62. The lowest BCUT2D eigenvalue weighted by Gasteiger charge is -2.30. The fourth-order valence-electron chi connectivity index (χ4n) is 3.29. The van der Waals surface area contributed by atoms with Crippen molar-refractivity contribution in [3.05, 3.63) is 29.0 Å². The maximum Gasteiger partial charge on any atom is 0.338 e. The van der Waals surface area contributed by atoms with Gasteiger partial charge in [-0.3, -0.25) is 0 Å². The molecule has 8 heteroatoms. The molecule has 166 valence electrons. The van der Waals surface area contributed by atoms with Crippen LogP contribution < -0.4 is 24.8 Å². The molecule has 0 bridgehead atoms. The number of benzene rings is 1. The van der Waals surface area contributed by atoms with Gasteiger partial charge < -0.3 is 29.6 Å². The zero-order chi connectivity index (χ0) is 22.3. The summed E-state index contributed by atoms with van der Waals surface area (Å²) in [6.45, 7) is 7.93. The van der Waals surface area contributed by atoms with E-state index in [-0.39, 0.29) is 12.1 Å². The minimum absolute atomic E-state index is 0.292. The van der Waals surface area contributed by atoms with Crippen molar-refractivity contribution in [2.75, 3.05) is 20.8 Å². The third-order valence-corrected chi connectivity index (χ3v) is 4.60. The second-order valence-electron chi connectivity index (χ2n) is 7.17. The summed E-state index contributed by atoms with van der Waals surface area (Å²) >= 11 is 0. The highest BCUT2D eigenvalue weighted by atomic mass is 16.5. The molecule has 30 heavy (non-hydrogen) atoms. The van der Waals surface area contributed by atoms with Crippen LogP contribution in [0.4, 0.5) is 4.79 Å². The molecule has 2 N–H and O–H groups in total. The molecule has 0 saturated heterocycles. The minimum Gasteiger partial charge on any atom is -0.493 e. The van der Waals surface area contributed by atoms with Crippen LogP contribution in [0.3, 0.4) is 0 Å². The summed E-state index contributed by atoms with van der Waals surface area (Å²) in [6.07, 6.45) is 2.03. The summed E-state index contributed by atoms with van der Waals surface area (Å²) < 4.78 is 22.1. The Bertz CT molecular complexity index is 778. The van der Waals surface area contributed by atoms with Gasteiger partial charge in [0.1, 0.15) is 0 Å². The Labute approximate surface area is 177 Å². The number of carbonyl (C=O) groups is 2. The average Bonchev–Trinajstić information content (AvgIpc) is 2.71. The average molecular weight is 421 g/mol. The van der Waals surface area contributed by atoms with Crippen molar-refractivity contribution in [1.82, 2.24) is 10.6 Å². The third-order valence-electron chi connectivity index (χ3n) is 4.60. The van der Waals surface area contributed by atoms with Crippen LogP contribution in [0.15, 0.2) is 23.4 Å². The number of hydrogen-bond acceptors (Lipinski definition) is 6. The van der Waals surface area contributed by atoms with Gasteiger partial charge in [-0.1, -0.05) is 13.3 Å². The predicted octanol–water partition coefficient (Wildman–Crippen LogP) is 3.85. The van der Waals surface area contributed by atoms with E-state index in [2.05, 4.69) is 17.6 Å². The normalized spacial score (nSPS) is 16.1. The number of ether oxygens (including phenoxy) is 4. The van der Waals surface area contributed by atoms with Crippen LogP contribution in [0, 0.1) is 0 Å². The molecule has 0 spiro atoms. The number of unbranched alkanes of at least 4 members (excludes halogenated alkanes) is 1. The first-order valence-corrected chi connectivity index (χ1v) is 10.3. The van der Waals surface area contributed by atoms with Crippen molar-refractivity contribution in [1.29, 1.82) is 0 Å². The molecular formula is C22H32N2O6. The SMILES string of the molecule is CCCCC1=C(C(=O)OC(C)C)C(c2cc(OC)c(OCC)c(OC)c2)NC(=O)N1. The quantitative estimate of drug-likeness (QED) is 0.558. The summed E-state index contributed by atoms with van der Waals surface area (Å²) in [6, 6.07) is 2.39. The minimum atomic E-state index is -0.713. The van der Waals surface area contributed by atoms with Gasteiger partial charge in [-0.25, -0.2) is 9.59 Å². The lowest BCUT2D eigenvalue weighted by molar-refractivity contribution is -0.143. The standard InChI is InChI=1S/C22H32N2O6/c1-7-9-10-15-18(21(25)30-13(3)4)19(24-22(26)23-15)14-11-16(27-5)20(29-8-2)17(12-14)28-6/h11-13,19H,7-10H2,1-6H3,(H2,23,24,26). The van der Waals surface area contributed by atoms with Crippen LogP contribution in [0.1, 0.15) is 58.6 Å². The molecule has 1 aliphatic heterocycles. The fourth-order valence-corrected chi connectivity index (χ4v) is 3.29. The number of amides is 2. The fraction of sp³-hybridized carbons (Fsp3) is 0.545. The molecule has 0 radical (unpaired) electrons. The number of hydrogen-bond donors (Lipinski definition) is 2. The van der Waals surface area contributed by atoms with E-state index in [4.69, 9.17) is 18.9 Å². The zero-order valence-electron chi connectivity index (χ0n) is 18.6. The smallest absolute Gasteiger partial charge is 0.338 e. The number of rotatable bonds is 10. The first-order chi connectivity index (χ1) is 14.4. The number of urea groups is 1. The highest BCUT2D eigenvalue weighted by Crippen LogP contribution is 2.42. The van der Waals surface area contributed by atoms with Gasteiger partial charge in [0.15, 0.2) is 11.5 Å². The van der Waals surface area contributed by atoms with Crippen LogP contribution in [0.25, 0.3) is 0 Å². The Balaban J connectivity index is 2.62. The summed E-state index contributed by atoms with van der Waals surface area (Å²) in [5.74, 6) is 0.893. The largest absolute Gasteiger partial charge is 0.493 e. The zero-order valence-corrected chi connectivity index (χ0v) is 18.6. The Morgan fingerprint density at radius 3 is 2.27 bits per heavy atom. The molecule has 0 aliphatic carbocycles. The Morgan fingerprint density at radius 2 is 1.77 bits per heavy atom. The van der Waals surface area contributed by atoms with Crippen molar-refractivity contribution in [2.45, 2.75) is 59.1 Å². The van der Waals surface area contributed by atoms with E-state index < -0.39 is 12.0 Å². The molecular weight excluding hydrogens is 388 g/mol. The summed E-state index contributed by atoms with van der Waals surface area (Å²) in [4.78, 5) is 25.4. The third kappa shape index (κ3) is 5.37. The van der Waals surface area contributed by atoms with Crippen LogP contribution in [0.2, 0.25) is 0 Å². The molecule has 1 atom stereocenters. The molecule has 0 saturated carbocycles. The molecule has 1 aromatic carbocycles. The number of nitrogens with one attached hydrogen (secondary N) is 2. The van der Waals surface area contributed by atoms with E-state index in [9.17, 15) is 9.59 Å². The maximum atomic E-state index is 13.0. The summed E-state index contributed by atoms with van der Waals surface area (Å²) in [5.41, 5.74) is 1.58. The lowest BCUT2D eigenvalue weighted by atomic mass is 9.93. The van der Waals surface area contributed by atoms with Gasteiger partial charge in [-0.05, 0) is 51.3 Å². The van der Waals surface area contributed by atoms with E-state index >= 15 is 0 Å². The molecule has 2 rings (SSSR count). The van der Waals surface area contributed by atoms with Gasteiger partial charge in [0, 0.05) is 5.70 Å². The maximum absolute atomic E-state index is 13.0. The van der Waals surface area contributed by atoms with E-state index in [0.717, 1.165) is 12.8 Å². The number of allylic oxidation sites excluding steroid dienone is 1. The summed E-state index contributed by atoms with van der Waals surface area (Å²) in [7, 11) is 3.05. The highest BCUT2D eigenvalue weighted by molar-refractivity contribution is 5.95. The van der Waals surface area contributed by atoms with Crippen molar-refractivity contribution >= 4 is 12.0 Å². The van der Waals surface area contributed by atoms with Gasteiger partial charge in [0.25, 0.3) is 0 Å². The van der Waals surface area contributed by atoms with Crippen LogP contribution in [0.5, 0.6) is 17.2 Å². The molecule has 1 aliphatic rings. The van der Waals surface area contributed by atoms with Crippen molar-refractivity contribution in [2.24, 2.45) is 0 Å². The number of esters is 1. The van der Waals surface area contributed by atoms with E-state index in [1.165, 1.54) is 14.2 Å². The molecule has 1 aromatic rings. The Morgan fingerprint density at radius 1 is 1.13 bits per heavy atom. The van der Waals surface area contributed by atoms with E-state index in [0.29, 0.717) is 47.1 Å². The molecule has 0 fully saturated rings. The number of carbonyl (C=O) groups excluding carboxylic acids is 2. The molecule has 2 amide bonds. The molecule has 1 heterocycles. The molecule has 8 nitrogen and oxygen atoms in total. The topological polar surface area (TPSA) is 95.1 Å². The van der Waals surface area contributed by atoms with Crippen LogP contribution >= 0.6 is 0 Å². The van der Waals surface area contributed by atoms with Gasteiger partial charge in [0.2, 0.25) is 5.75 Å². The van der Waals surface area contributed by atoms with Crippen molar-refractivity contribution < 1.29 is 28.5 Å². The second kappa shape index (κ2) is 10.8. The number of methoxy groups -OCH3 is 2. The van der Waals surface area contributed by atoms with Gasteiger partial charge in [0.05, 0.1) is 38.5 Å². The van der Waals surface area contributed by atoms with E-state index in [1.54, 1.807) is 26.0 Å². The highest BCUT2D eigenvalue weighted by Gasteiger charge is 2.35. The Hall–Kier alpha value is -2.90. The first kappa shape index (κ1) is 23.4. The predicted molar refractivity (Wildman–Crippen MR) is 113 cm³/mol. The van der Waals surface area contributed by atoms with Crippen molar-refractivity contribution in [3.8, 4) is 17.2 Å². The second-order valence-corrected chi connectivity index (χ2v) is 7.17.